The van der Waals surface area contributed by atoms with E-state index in [0.29, 0.717) is 16.3 Å². The third-order valence-electron chi connectivity index (χ3n) is 2.30. The Hall–Kier alpha value is -1.52. The molecule has 0 saturated carbocycles. The fraction of sp³-hybridized carbons (Fsp3) is 0.0769. The van der Waals surface area contributed by atoms with Gasteiger partial charge in [0.15, 0.2) is 5.69 Å². The van der Waals surface area contributed by atoms with Crippen LogP contribution in [0.15, 0.2) is 47.5 Å². The zero-order valence-corrected chi connectivity index (χ0v) is 10.9. The molecule has 0 atom stereocenters. The Labute approximate surface area is 114 Å². The summed E-state index contributed by atoms with van der Waals surface area (Å²) >= 11 is 7.35. The van der Waals surface area contributed by atoms with E-state index in [-0.39, 0.29) is 5.69 Å². The maximum absolute atomic E-state index is 11.0. The van der Waals surface area contributed by atoms with Crippen molar-refractivity contribution in [2.24, 2.45) is 0 Å². The summed E-state index contributed by atoms with van der Waals surface area (Å²) in [6, 6.07) is 11.0. The van der Waals surface area contributed by atoms with Crippen LogP contribution in [-0.4, -0.2) is 16.1 Å². The Balaban J connectivity index is 2.10. The average molecular weight is 280 g/mol. The second-order valence-electron chi connectivity index (χ2n) is 3.56. The molecule has 5 heteroatoms. The smallest absolute Gasteiger partial charge is 0.354 e. The van der Waals surface area contributed by atoms with E-state index in [2.05, 4.69) is 4.98 Å². The van der Waals surface area contributed by atoms with E-state index in [1.807, 2.05) is 24.3 Å². The van der Waals surface area contributed by atoms with Gasteiger partial charge < -0.3 is 5.11 Å². The molecule has 1 heterocycles. The SMILES string of the molecule is O=C(O)c1ncccc1CSc1ccc(Cl)cc1. The van der Waals surface area contributed by atoms with Gasteiger partial charge in [0.25, 0.3) is 0 Å². The Morgan fingerprint density at radius 2 is 2.00 bits per heavy atom. The summed E-state index contributed by atoms with van der Waals surface area (Å²) in [5, 5.41) is 9.70. The van der Waals surface area contributed by atoms with Gasteiger partial charge in [-0.1, -0.05) is 17.7 Å². The molecular formula is C13H10ClNO2S. The Morgan fingerprint density at radius 1 is 1.28 bits per heavy atom. The van der Waals surface area contributed by atoms with E-state index >= 15 is 0 Å². The summed E-state index contributed by atoms with van der Waals surface area (Å²) < 4.78 is 0. The van der Waals surface area contributed by atoms with E-state index < -0.39 is 5.97 Å². The zero-order chi connectivity index (χ0) is 13.0. The van der Waals surface area contributed by atoms with Gasteiger partial charge in [0.2, 0.25) is 0 Å². The third-order valence-corrected chi connectivity index (χ3v) is 3.61. The summed E-state index contributed by atoms with van der Waals surface area (Å²) in [5.41, 5.74) is 0.823. The predicted molar refractivity (Wildman–Crippen MR) is 72.2 cm³/mol. The number of benzene rings is 1. The molecular weight excluding hydrogens is 270 g/mol. The van der Waals surface area contributed by atoms with Gasteiger partial charge in [0, 0.05) is 21.9 Å². The number of halogens is 1. The minimum atomic E-state index is -0.998. The largest absolute Gasteiger partial charge is 0.477 e. The third kappa shape index (κ3) is 3.24. The molecule has 1 aromatic heterocycles. The molecule has 0 amide bonds. The highest BCUT2D eigenvalue weighted by Crippen LogP contribution is 2.25. The van der Waals surface area contributed by atoms with Crippen LogP contribution in [0.1, 0.15) is 16.1 Å². The molecule has 18 heavy (non-hydrogen) atoms. The number of hydrogen-bond donors (Lipinski definition) is 1. The standard InChI is InChI=1S/C13H10ClNO2S/c14-10-3-5-11(6-4-10)18-8-9-2-1-7-15-12(9)13(16)17/h1-7H,8H2,(H,16,17). The number of carbonyl (C=O) groups is 1. The lowest BCUT2D eigenvalue weighted by Gasteiger charge is -2.04. The predicted octanol–water partition coefficient (Wildman–Crippen LogP) is 3.73. The number of carboxylic acid groups (broad SMARTS) is 1. The van der Waals surface area contributed by atoms with Crippen molar-refractivity contribution in [1.29, 1.82) is 0 Å². The number of aromatic nitrogens is 1. The van der Waals surface area contributed by atoms with Crippen molar-refractivity contribution in [3.63, 3.8) is 0 Å². The van der Waals surface area contributed by atoms with Gasteiger partial charge in [-0.15, -0.1) is 11.8 Å². The van der Waals surface area contributed by atoms with Gasteiger partial charge in [0.1, 0.15) is 0 Å². The van der Waals surface area contributed by atoms with Gasteiger partial charge >= 0.3 is 5.97 Å². The molecule has 0 unspecified atom stereocenters. The highest BCUT2D eigenvalue weighted by atomic mass is 35.5. The molecule has 0 aliphatic rings. The number of carboxylic acids is 1. The van der Waals surface area contributed by atoms with Crippen LogP contribution in [0.3, 0.4) is 0 Å². The van der Waals surface area contributed by atoms with Gasteiger partial charge in [0.05, 0.1) is 0 Å². The van der Waals surface area contributed by atoms with Crippen LogP contribution in [0.4, 0.5) is 0 Å². The van der Waals surface area contributed by atoms with Crippen molar-refractivity contribution in [2.75, 3.05) is 0 Å². The molecule has 0 fully saturated rings. The Morgan fingerprint density at radius 3 is 2.67 bits per heavy atom. The molecule has 0 saturated heterocycles. The van der Waals surface area contributed by atoms with Gasteiger partial charge in [-0.2, -0.15) is 0 Å². The summed E-state index contributed by atoms with van der Waals surface area (Å²) in [6.07, 6.45) is 1.49. The molecule has 0 aliphatic carbocycles. The van der Waals surface area contributed by atoms with Crippen LogP contribution in [-0.2, 0) is 5.75 Å². The summed E-state index contributed by atoms with van der Waals surface area (Å²) in [5.74, 6) is -0.431. The van der Waals surface area contributed by atoms with Crippen molar-refractivity contribution in [1.82, 2.24) is 4.98 Å². The molecule has 3 nitrogen and oxygen atoms in total. The second kappa shape index (κ2) is 5.89. The molecule has 0 spiro atoms. The van der Waals surface area contributed by atoms with Crippen molar-refractivity contribution in [2.45, 2.75) is 10.6 Å². The van der Waals surface area contributed by atoms with Crippen molar-refractivity contribution < 1.29 is 9.90 Å². The van der Waals surface area contributed by atoms with Crippen LogP contribution >= 0.6 is 23.4 Å². The van der Waals surface area contributed by atoms with E-state index in [0.717, 1.165) is 4.90 Å². The first-order chi connectivity index (χ1) is 8.66. The normalized spacial score (nSPS) is 10.3. The van der Waals surface area contributed by atoms with Crippen molar-refractivity contribution in [3.8, 4) is 0 Å². The molecule has 0 radical (unpaired) electrons. The van der Waals surface area contributed by atoms with Crippen LogP contribution in [0.5, 0.6) is 0 Å². The minimum absolute atomic E-state index is 0.110. The van der Waals surface area contributed by atoms with Gasteiger partial charge in [-0.05, 0) is 35.9 Å². The number of thioether (sulfide) groups is 1. The van der Waals surface area contributed by atoms with Crippen molar-refractivity contribution >= 4 is 29.3 Å². The topological polar surface area (TPSA) is 50.2 Å². The number of rotatable bonds is 4. The lowest BCUT2D eigenvalue weighted by atomic mass is 10.2. The monoisotopic (exact) mass is 279 g/mol. The number of aromatic carboxylic acids is 1. The highest BCUT2D eigenvalue weighted by molar-refractivity contribution is 7.98. The maximum atomic E-state index is 11.0. The minimum Gasteiger partial charge on any atom is -0.477 e. The van der Waals surface area contributed by atoms with Crippen LogP contribution in [0.25, 0.3) is 0 Å². The number of pyridine rings is 1. The molecule has 92 valence electrons. The van der Waals surface area contributed by atoms with E-state index in [1.165, 1.54) is 6.20 Å². The number of nitrogens with zero attached hydrogens (tertiary/aromatic N) is 1. The molecule has 2 rings (SSSR count). The molecule has 2 aromatic rings. The van der Waals surface area contributed by atoms with E-state index in [4.69, 9.17) is 16.7 Å². The quantitative estimate of drug-likeness (QED) is 0.867. The molecule has 1 N–H and O–H groups in total. The molecule has 1 aromatic carbocycles. The maximum Gasteiger partial charge on any atom is 0.354 e. The van der Waals surface area contributed by atoms with E-state index in [9.17, 15) is 4.79 Å². The first-order valence-corrected chi connectivity index (χ1v) is 6.59. The first-order valence-electron chi connectivity index (χ1n) is 5.22. The highest BCUT2D eigenvalue weighted by Gasteiger charge is 2.10. The first kappa shape index (κ1) is 12.9. The fourth-order valence-electron chi connectivity index (χ4n) is 1.44. The Bertz CT molecular complexity index is 557. The average Bonchev–Trinajstić information content (AvgIpc) is 2.38. The van der Waals surface area contributed by atoms with Crippen LogP contribution in [0.2, 0.25) is 5.02 Å². The lowest BCUT2D eigenvalue weighted by molar-refractivity contribution is 0.0689. The summed E-state index contributed by atoms with van der Waals surface area (Å²) in [4.78, 5) is 15.9. The van der Waals surface area contributed by atoms with Crippen LogP contribution in [0, 0.1) is 0 Å². The van der Waals surface area contributed by atoms with Crippen LogP contribution < -0.4 is 0 Å². The van der Waals surface area contributed by atoms with Crippen molar-refractivity contribution in [3.05, 3.63) is 58.9 Å². The molecule has 0 bridgehead atoms. The fourth-order valence-corrected chi connectivity index (χ4v) is 2.45. The van der Waals surface area contributed by atoms with Gasteiger partial charge in [-0.3, -0.25) is 0 Å². The molecule has 0 aliphatic heterocycles. The summed E-state index contributed by atoms with van der Waals surface area (Å²) in [7, 11) is 0. The van der Waals surface area contributed by atoms with E-state index in [1.54, 1.807) is 23.9 Å². The lowest BCUT2D eigenvalue weighted by Crippen LogP contribution is -2.04. The Kier molecular flexibility index (Phi) is 4.23. The van der Waals surface area contributed by atoms with Gasteiger partial charge in [-0.25, -0.2) is 9.78 Å². The zero-order valence-electron chi connectivity index (χ0n) is 9.34. The second-order valence-corrected chi connectivity index (χ2v) is 5.04. The summed E-state index contributed by atoms with van der Waals surface area (Å²) in [6.45, 7) is 0. The number of hydrogen-bond acceptors (Lipinski definition) is 3.